The van der Waals surface area contributed by atoms with Gasteiger partial charge in [0.05, 0.1) is 23.5 Å². The van der Waals surface area contributed by atoms with E-state index < -0.39 is 21.3 Å². The van der Waals surface area contributed by atoms with Crippen molar-refractivity contribution in [3.05, 3.63) is 86.1 Å². The van der Waals surface area contributed by atoms with Crippen LogP contribution in [-0.2, 0) is 10.0 Å². The second-order valence-electron chi connectivity index (χ2n) is 7.12. The smallest absolute Gasteiger partial charge is 0.332 e. The molecule has 164 valence electrons. The highest BCUT2D eigenvalue weighted by atomic mass is 79.9. The Bertz CT molecular complexity index is 1550. The van der Waals surface area contributed by atoms with E-state index in [4.69, 9.17) is 4.74 Å². The maximum atomic E-state index is 12.3. The minimum atomic E-state index is -3.38. The van der Waals surface area contributed by atoms with Crippen LogP contribution < -0.4 is 20.7 Å². The normalized spacial score (nSPS) is 11.5. The van der Waals surface area contributed by atoms with E-state index in [9.17, 15) is 18.0 Å². The number of rotatable bonds is 5. The zero-order valence-electron chi connectivity index (χ0n) is 17.0. The lowest BCUT2D eigenvalue weighted by Crippen LogP contribution is -2.32. The van der Waals surface area contributed by atoms with Crippen LogP contribution in [0, 0.1) is 0 Å². The first-order valence-electron chi connectivity index (χ1n) is 9.37. The van der Waals surface area contributed by atoms with Gasteiger partial charge in [-0.25, -0.2) is 17.8 Å². The summed E-state index contributed by atoms with van der Waals surface area (Å²) in [7, 11) is -1.84. The number of methoxy groups -OCH3 is 1. The Morgan fingerprint density at radius 3 is 2.41 bits per heavy atom. The SMILES string of the molecule is COc1c(Br)cc(-n2c(=O)cc[nH]c2=O)cc1-c1ccc2cc(NS(C)(=O)=O)ccc2c1. The van der Waals surface area contributed by atoms with Gasteiger partial charge in [0.25, 0.3) is 5.56 Å². The number of sulfonamides is 1. The second-order valence-corrected chi connectivity index (χ2v) is 9.72. The number of fused-ring (bicyclic) bond motifs is 1. The molecule has 0 fully saturated rings. The van der Waals surface area contributed by atoms with Gasteiger partial charge in [0, 0.05) is 23.5 Å². The van der Waals surface area contributed by atoms with E-state index in [0.717, 1.165) is 27.2 Å². The highest BCUT2D eigenvalue weighted by Crippen LogP contribution is 2.39. The number of halogens is 1. The molecule has 0 saturated carbocycles. The monoisotopic (exact) mass is 515 g/mol. The number of aromatic nitrogens is 2. The van der Waals surface area contributed by atoms with Crippen LogP contribution in [0.2, 0.25) is 0 Å². The molecule has 1 heterocycles. The number of ether oxygens (including phenoxy) is 1. The molecule has 0 amide bonds. The van der Waals surface area contributed by atoms with Crippen molar-refractivity contribution in [3.63, 3.8) is 0 Å². The summed E-state index contributed by atoms with van der Waals surface area (Å²) in [5.74, 6) is 0.545. The van der Waals surface area contributed by atoms with Crippen LogP contribution in [0.4, 0.5) is 5.69 Å². The van der Waals surface area contributed by atoms with Crippen molar-refractivity contribution in [1.82, 2.24) is 9.55 Å². The predicted octanol–water partition coefficient (Wildman–Crippen LogP) is 3.49. The van der Waals surface area contributed by atoms with Crippen LogP contribution in [0.15, 0.2) is 74.9 Å². The average Bonchev–Trinajstić information content (AvgIpc) is 2.71. The van der Waals surface area contributed by atoms with Crippen molar-refractivity contribution in [2.24, 2.45) is 0 Å². The summed E-state index contributed by atoms with van der Waals surface area (Å²) in [5.41, 5.74) is 1.31. The van der Waals surface area contributed by atoms with Crippen LogP contribution >= 0.6 is 15.9 Å². The van der Waals surface area contributed by atoms with E-state index in [1.165, 1.54) is 19.4 Å². The molecule has 0 aliphatic carbocycles. The first-order valence-corrected chi connectivity index (χ1v) is 12.1. The Morgan fingerprint density at radius 2 is 1.72 bits per heavy atom. The van der Waals surface area contributed by atoms with Gasteiger partial charge in [-0.3, -0.25) is 9.52 Å². The van der Waals surface area contributed by atoms with Gasteiger partial charge in [0.1, 0.15) is 5.75 Å². The summed E-state index contributed by atoms with van der Waals surface area (Å²) in [4.78, 5) is 27.1. The maximum absolute atomic E-state index is 12.3. The van der Waals surface area contributed by atoms with Gasteiger partial charge < -0.3 is 9.72 Å². The van der Waals surface area contributed by atoms with Gasteiger partial charge in [0.15, 0.2) is 0 Å². The van der Waals surface area contributed by atoms with E-state index in [2.05, 4.69) is 25.6 Å². The van der Waals surface area contributed by atoms with Gasteiger partial charge in [-0.05, 0) is 62.6 Å². The van der Waals surface area contributed by atoms with Crippen molar-refractivity contribution in [3.8, 4) is 22.6 Å². The summed E-state index contributed by atoms with van der Waals surface area (Å²) in [6, 6.07) is 15.5. The van der Waals surface area contributed by atoms with E-state index in [1.54, 1.807) is 24.3 Å². The van der Waals surface area contributed by atoms with Gasteiger partial charge >= 0.3 is 5.69 Å². The molecule has 0 aliphatic heterocycles. The van der Waals surface area contributed by atoms with Crippen molar-refractivity contribution < 1.29 is 13.2 Å². The van der Waals surface area contributed by atoms with Crippen LogP contribution in [0.3, 0.4) is 0 Å². The third-order valence-electron chi connectivity index (χ3n) is 4.80. The fraction of sp³-hybridized carbons (Fsp3) is 0.0909. The van der Waals surface area contributed by atoms with Crippen LogP contribution in [-0.4, -0.2) is 31.3 Å². The number of hydrogen-bond acceptors (Lipinski definition) is 5. The zero-order valence-corrected chi connectivity index (χ0v) is 19.5. The highest BCUT2D eigenvalue weighted by Gasteiger charge is 2.15. The molecule has 3 aromatic carbocycles. The molecular weight excluding hydrogens is 498 g/mol. The lowest BCUT2D eigenvalue weighted by atomic mass is 9.99. The summed E-state index contributed by atoms with van der Waals surface area (Å²) < 4.78 is 32.6. The topological polar surface area (TPSA) is 110 Å². The molecule has 10 heteroatoms. The minimum absolute atomic E-state index is 0.382. The number of H-pyrrole nitrogens is 1. The highest BCUT2D eigenvalue weighted by molar-refractivity contribution is 9.10. The van der Waals surface area contributed by atoms with Gasteiger partial charge in [-0.15, -0.1) is 0 Å². The van der Waals surface area contributed by atoms with Gasteiger partial charge in [0.2, 0.25) is 10.0 Å². The van der Waals surface area contributed by atoms with Gasteiger partial charge in [-0.1, -0.05) is 18.2 Å². The standard InChI is InChI=1S/C22H18BrN3O5S/c1-31-21-18(11-17(12-19(21)23)26-20(27)7-8-24-22(26)28)15-4-3-14-10-16(25-32(2,29)30)6-5-13(14)9-15/h3-12,25H,1-2H3,(H,24,28). The first kappa shape index (κ1) is 21.8. The molecule has 0 bridgehead atoms. The van der Waals surface area contributed by atoms with Crippen molar-refractivity contribution in [2.45, 2.75) is 0 Å². The fourth-order valence-corrected chi connectivity index (χ4v) is 4.65. The molecule has 32 heavy (non-hydrogen) atoms. The van der Waals surface area contributed by atoms with Gasteiger partial charge in [-0.2, -0.15) is 0 Å². The Hall–Kier alpha value is -3.37. The fourth-order valence-electron chi connectivity index (χ4n) is 3.49. The number of hydrogen-bond donors (Lipinski definition) is 2. The Balaban J connectivity index is 1.88. The molecule has 4 rings (SSSR count). The maximum Gasteiger partial charge on any atom is 0.332 e. The largest absolute Gasteiger partial charge is 0.495 e. The van der Waals surface area contributed by atoms with E-state index in [-0.39, 0.29) is 0 Å². The third kappa shape index (κ3) is 4.32. The molecular formula is C22H18BrN3O5S. The van der Waals surface area contributed by atoms with E-state index in [0.29, 0.717) is 27.2 Å². The molecule has 0 saturated heterocycles. The Labute approximate surface area is 191 Å². The lowest BCUT2D eigenvalue weighted by molar-refractivity contribution is 0.413. The third-order valence-corrected chi connectivity index (χ3v) is 6.00. The van der Waals surface area contributed by atoms with Crippen LogP contribution in [0.5, 0.6) is 5.75 Å². The minimum Gasteiger partial charge on any atom is -0.495 e. The average molecular weight is 516 g/mol. The van der Waals surface area contributed by atoms with E-state index >= 15 is 0 Å². The van der Waals surface area contributed by atoms with Crippen molar-refractivity contribution >= 4 is 42.4 Å². The number of anilines is 1. The number of benzene rings is 3. The first-order chi connectivity index (χ1) is 15.2. The number of aromatic amines is 1. The Morgan fingerprint density at radius 1 is 1.00 bits per heavy atom. The predicted molar refractivity (Wildman–Crippen MR) is 128 cm³/mol. The zero-order chi connectivity index (χ0) is 23.0. The molecule has 2 N–H and O–H groups in total. The van der Waals surface area contributed by atoms with Crippen LogP contribution in [0.1, 0.15) is 0 Å². The van der Waals surface area contributed by atoms with Crippen molar-refractivity contribution in [2.75, 3.05) is 18.1 Å². The summed E-state index contributed by atoms with van der Waals surface area (Å²) >= 11 is 3.47. The lowest BCUT2D eigenvalue weighted by Gasteiger charge is -2.15. The Kier molecular flexibility index (Phi) is 5.66. The second kappa shape index (κ2) is 8.29. The molecule has 8 nitrogen and oxygen atoms in total. The molecule has 0 radical (unpaired) electrons. The number of nitrogens with zero attached hydrogens (tertiary/aromatic N) is 1. The van der Waals surface area contributed by atoms with E-state index in [1.807, 2.05) is 24.3 Å². The molecule has 1 aromatic heterocycles. The number of nitrogens with one attached hydrogen (secondary N) is 2. The summed E-state index contributed by atoms with van der Waals surface area (Å²) in [6.45, 7) is 0. The van der Waals surface area contributed by atoms with Crippen LogP contribution in [0.25, 0.3) is 27.6 Å². The summed E-state index contributed by atoms with van der Waals surface area (Å²) in [5, 5.41) is 1.71. The molecule has 0 atom stereocenters. The summed E-state index contributed by atoms with van der Waals surface area (Å²) in [6.07, 6.45) is 2.40. The van der Waals surface area contributed by atoms with Crippen molar-refractivity contribution in [1.29, 1.82) is 0 Å². The molecule has 0 aliphatic rings. The molecule has 0 spiro atoms. The molecule has 0 unspecified atom stereocenters. The quantitative estimate of drug-likeness (QED) is 0.422. The molecule has 4 aromatic rings.